The van der Waals surface area contributed by atoms with E-state index in [4.69, 9.17) is 9.97 Å². The second-order valence-electron chi connectivity index (χ2n) is 14.4. The molecule has 264 valence electrons. The van der Waals surface area contributed by atoms with E-state index in [1.807, 2.05) is 30.5 Å². The van der Waals surface area contributed by atoms with Crippen molar-refractivity contribution in [2.24, 2.45) is 0 Å². The van der Waals surface area contributed by atoms with Crippen LogP contribution < -0.4 is 0 Å². The van der Waals surface area contributed by atoms with Gasteiger partial charge >= 0.3 is 0 Å². The number of aromatic nitrogens is 4. The van der Waals surface area contributed by atoms with E-state index < -0.39 is 0 Å². The molecule has 1 unspecified atom stereocenters. The molecule has 0 saturated carbocycles. The van der Waals surface area contributed by atoms with Crippen LogP contribution in [0, 0.1) is 0 Å². The fraction of sp³-hybridized carbons (Fsp3) is 0.0385. The predicted octanol–water partition coefficient (Wildman–Crippen LogP) is 12.6. The number of hydrogen-bond donors (Lipinski definition) is 0. The first-order chi connectivity index (χ1) is 27.7. The number of nitrogens with zero attached hydrogens (tertiary/aromatic N) is 4. The van der Waals surface area contributed by atoms with Crippen LogP contribution in [0.15, 0.2) is 201 Å². The summed E-state index contributed by atoms with van der Waals surface area (Å²) in [6.45, 7) is 4.69. The third-order valence-corrected chi connectivity index (χ3v) is 10.9. The van der Waals surface area contributed by atoms with Gasteiger partial charge in [-0.05, 0) is 97.3 Å². The summed E-state index contributed by atoms with van der Waals surface area (Å²) in [6.07, 6.45) is 10.4. The summed E-state index contributed by atoms with van der Waals surface area (Å²) in [5.74, 6) is 0.685. The molecule has 0 saturated heterocycles. The minimum Gasteiger partial charge on any atom is -0.264 e. The van der Waals surface area contributed by atoms with Gasteiger partial charge in [0.2, 0.25) is 0 Å². The van der Waals surface area contributed by atoms with E-state index in [1.54, 1.807) is 18.6 Å². The lowest BCUT2D eigenvalue weighted by molar-refractivity contribution is 0.947. The zero-order valence-electron chi connectivity index (χ0n) is 30.7. The van der Waals surface area contributed by atoms with Crippen molar-refractivity contribution in [3.8, 4) is 45.0 Å². The van der Waals surface area contributed by atoms with Crippen molar-refractivity contribution in [3.05, 3.63) is 223 Å². The Bertz CT molecular complexity index is 2880. The molecule has 56 heavy (non-hydrogen) atoms. The van der Waals surface area contributed by atoms with E-state index in [9.17, 15) is 0 Å². The van der Waals surface area contributed by atoms with Crippen LogP contribution in [-0.4, -0.2) is 19.9 Å². The maximum atomic E-state index is 5.10. The molecule has 1 atom stereocenters. The van der Waals surface area contributed by atoms with Gasteiger partial charge in [0.05, 0.1) is 11.4 Å². The monoisotopic (exact) mass is 716 g/mol. The van der Waals surface area contributed by atoms with Crippen molar-refractivity contribution < 1.29 is 0 Å². The molecule has 6 aromatic carbocycles. The van der Waals surface area contributed by atoms with Gasteiger partial charge in [0.1, 0.15) is 0 Å². The van der Waals surface area contributed by atoms with Crippen molar-refractivity contribution in [2.45, 2.75) is 12.3 Å². The lowest BCUT2D eigenvalue weighted by atomic mass is 9.87. The smallest absolute Gasteiger partial charge is 0.161 e. The maximum Gasteiger partial charge on any atom is 0.161 e. The standard InChI is InChI=1S/C52H36N4/c1-34-29-39-24-23-36-13-5-6-16-43(36)51(39)48(35-11-3-2-4-12-35)30-47(34)38-21-19-37(20-22-38)42-25-26-46(45-18-8-7-17-44(42)45)50-31-49(40-14-9-27-53-32-40)55-52(56-50)41-15-10-28-54-33-41/h2-28,30-33,47H,1,29H2. The largest absolute Gasteiger partial charge is 0.264 e. The van der Waals surface area contributed by atoms with E-state index in [0.717, 1.165) is 50.8 Å². The highest BCUT2D eigenvalue weighted by Gasteiger charge is 2.24. The highest BCUT2D eigenvalue weighted by molar-refractivity contribution is 6.05. The Labute approximate surface area is 326 Å². The fourth-order valence-electron chi connectivity index (χ4n) is 8.21. The number of pyridine rings is 2. The molecule has 9 aromatic rings. The highest BCUT2D eigenvalue weighted by atomic mass is 14.9. The SMILES string of the molecule is C=C1Cc2ccc3ccccc3c2C(c2ccccc2)=CC1c1ccc(-c2ccc(-c3cc(-c4cccnc4)nc(-c4cccnc4)n3)c3ccccc23)cc1. The van der Waals surface area contributed by atoms with Crippen LogP contribution in [0.1, 0.15) is 28.2 Å². The zero-order chi connectivity index (χ0) is 37.4. The van der Waals surface area contributed by atoms with E-state index in [0.29, 0.717) is 5.82 Å². The Kier molecular flexibility index (Phi) is 8.42. The molecule has 0 fully saturated rings. The van der Waals surface area contributed by atoms with Gasteiger partial charge in [0.15, 0.2) is 5.82 Å². The first-order valence-electron chi connectivity index (χ1n) is 19.0. The van der Waals surface area contributed by atoms with Crippen LogP contribution in [0.5, 0.6) is 0 Å². The summed E-state index contributed by atoms with van der Waals surface area (Å²) in [7, 11) is 0. The van der Waals surface area contributed by atoms with Crippen LogP contribution >= 0.6 is 0 Å². The average Bonchev–Trinajstić information content (AvgIpc) is 3.43. The van der Waals surface area contributed by atoms with Gasteiger partial charge in [0.25, 0.3) is 0 Å². The van der Waals surface area contributed by atoms with Crippen molar-refractivity contribution in [2.75, 3.05) is 0 Å². The van der Waals surface area contributed by atoms with E-state index in [-0.39, 0.29) is 5.92 Å². The van der Waals surface area contributed by atoms with E-state index in [2.05, 4.69) is 156 Å². The summed E-state index contributed by atoms with van der Waals surface area (Å²) < 4.78 is 0. The van der Waals surface area contributed by atoms with Crippen molar-refractivity contribution in [3.63, 3.8) is 0 Å². The molecule has 0 aliphatic heterocycles. The molecular formula is C52H36N4. The molecule has 1 aliphatic carbocycles. The normalized spacial score (nSPS) is 14.0. The molecule has 3 heterocycles. The summed E-state index contributed by atoms with van der Waals surface area (Å²) in [4.78, 5) is 18.8. The predicted molar refractivity (Wildman–Crippen MR) is 230 cm³/mol. The number of rotatable bonds is 6. The first kappa shape index (κ1) is 33.3. The van der Waals surface area contributed by atoms with Crippen molar-refractivity contribution in [1.29, 1.82) is 0 Å². The van der Waals surface area contributed by atoms with Gasteiger partial charge in [-0.25, -0.2) is 9.97 Å². The number of hydrogen-bond acceptors (Lipinski definition) is 4. The quantitative estimate of drug-likeness (QED) is 0.161. The summed E-state index contributed by atoms with van der Waals surface area (Å²) in [6, 6.07) is 56.1. The molecule has 0 amide bonds. The summed E-state index contributed by atoms with van der Waals surface area (Å²) >= 11 is 0. The van der Waals surface area contributed by atoms with Crippen LogP contribution in [-0.2, 0) is 6.42 Å². The Morgan fingerprint density at radius 2 is 1.14 bits per heavy atom. The molecule has 3 aromatic heterocycles. The maximum absolute atomic E-state index is 5.10. The zero-order valence-corrected chi connectivity index (χ0v) is 30.7. The third-order valence-electron chi connectivity index (χ3n) is 10.9. The molecule has 0 spiro atoms. The van der Waals surface area contributed by atoms with Crippen LogP contribution in [0.4, 0.5) is 0 Å². The number of benzene rings is 6. The van der Waals surface area contributed by atoms with Gasteiger partial charge in [-0.1, -0.05) is 146 Å². The number of fused-ring (bicyclic) bond motifs is 4. The lowest BCUT2D eigenvalue weighted by Crippen LogP contribution is -2.01. The van der Waals surface area contributed by atoms with Crippen LogP contribution in [0.3, 0.4) is 0 Å². The topological polar surface area (TPSA) is 51.6 Å². The average molecular weight is 717 g/mol. The van der Waals surface area contributed by atoms with Crippen LogP contribution in [0.2, 0.25) is 0 Å². The molecule has 4 heteroatoms. The van der Waals surface area contributed by atoms with Crippen molar-refractivity contribution >= 4 is 27.1 Å². The molecule has 10 rings (SSSR count). The van der Waals surface area contributed by atoms with Gasteiger partial charge in [-0.3, -0.25) is 9.97 Å². The van der Waals surface area contributed by atoms with Crippen molar-refractivity contribution in [1.82, 2.24) is 19.9 Å². The van der Waals surface area contributed by atoms with Gasteiger partial charge < -0.3 is 0 Å². The Hall–Kier alpha value is -7.30. The summed E-state index contributed by atoms with van der Waals surface area (Å²) in [5, 5.41) is 4.82. The molecular weight excluding hydrogens is 681 g/mol. The Balaban J connectivity index is 1.06. The highest BCUT2D eigenvalue weighted by Crippen LogP contribution is 2.43. The molecule has 0 bridgehead atoms. The van der Waals surface area contributed by atoms with E-state index in [1.165, 1.54) is 49.7 Å². The van der Waals surface area contributed by atoms with Gasteiger partial charge in [0, 0.05) is 47.4 Å². The molecule has 1 aliphatic rings. The van der Waals surface area contributed by atoms with Gasteiger partial charge in [-0.2, -0.15) is 0 Å². The minimum atomic E-state index is 0.0605. The Morgan fingerprint density at radius 3 is 1.89 bits per heavy atom. The second-order valence-corrected chi connectivity index (χ2v) is 14.4. The van der Waals surface area contributed by atoms with Gasteiger partial charge in [-0.15, -0.1) is 0 Å². The second kappa shape index (κ2) is 14.2. The molecule has 0 N–H and O–H groups in total. The molecule has 4 nitrogen and oxygen atoms in total. The van der Waals surface area contributed by atoms with Crippen LogP contribution in [0.25, 0.3) is 72.1 Å². The first-order valence-corrected chi connectivity index (χ1v) is 19.0. The fourth-order valence-corrected chi connectivity index (χ4v) is 8.21. The third kappa shape index (κ3) is 6.08. The number of allylic oxidation sites excluding steroid dienone is 2. The minimum absolute atomic E-state index is 0.0605. The molecule has 0 radical (unpaired) electrons. The van der Waals surface area contributed by atoms with E-state index >= 15 is 0 Å². The summed E-state index contributed by atoms with van der Waals surface area (Å²) in [5.41, 5.74) is 14.4. The lowest BCUT2D eigenvalue weighted by Gasteiger charge is -2.17. The Morgan fingerprint density at radius 1 is 0.500 bits per heavy atom.